The fourth-order valence-electron chi connectivity index (χ4n) is 1.84. The van der Waals surface area contributed by atoms with Crippen LogP contribution < -0.4 is 5.32 Å². The van der Waals surface area contributed by atoms with E-state index in [0.717, 1.165) is 11.5 Å². The Morgan fingerprint density at radius 1 is 1.56 bits per heavy atom. The summed E-state index contributed by atoms with van der Waals surface area (Å²) in [5.74, 6) is 1.26. The third-order valence-corrected chi connectivity index (χ3v) is 3.28. The molecule has 1 saturated carbocycles. The van der Waals surface area contributed by atoms with Gasteiger partial charge in [0, 0.05) is 6.54 Å². The molecule has 0 heterocycles. The van der Waals surface area contributed by atoms with Crippen LogP contribution in [0.5, 0.6) is 5.75 Å². The number of hydrogen-bond donors (Lipinski definition) is 2. The van der Waals surface area contributed by atoms with Gasteiger partial charge in [-0.15, -0.1) is 0 Å². The van der Waals surface area contributed by atoms with Crippen LogP contribution in [0.15, 0.2) is 18.2 Å². The standard InChI is InChI=1S/C13H17NO2/c1-8-4-3-5-11(12(8)15)13(16)14-7-10-6-9(10)2/h3-5,9-10,15H,6-7H2,1-2H3,(H,14,16). The van der Waals surface area contributed by atoms with Crippen LogP contribution in [0.3, 0.4) is 0 Å². The lowest BCUT2D eigenvalue weighted by molar-refractivity contribution is 0.0948. The first kappa shape index (κ1) is 11.0. The highest BCUT2D eigenvalue weighted by atomic mass is 16.3. The molecular formula is C13H17NO2. The third kappa shape index (κ3) is 2.18. The Kier molecular flexibility index (Phi) is 2.86. The summed E-state index contributed by atoms with van der Waals surface area (Å²) in [6, 6.07) is 5.22. The second-order valence-electron chi connectivity index (χ2n) is 4.65. The smallest absolute Gasteiger partial charge is 0.255 e. The molecule has 2 unspecified atom stereocenters. The lowest BCUT2D eigenvalue weighted by atomic mass is 10.1. The molecule has 2 rings (SSSR count). The molecule has 0 saturated heterocycles. The normalized spacial score (nSPS) is 22.9. The van der Waals surface area contributed by atoms with E-state index >= 15 is 0 Å². The molecule has 1 aliphatic rings. The highest BCUT2D eigenvalue weighted by Gasteiger charge is 2.32. The summed E-state index contributed by atoms with van der Waals surface area (Å²) >= 11 is 0. The third-order valence-electron chi connectivity index (χ3n) is 3.28. The second-order valence-corrected chi connectivity index (χ2v) is 4.65. The molecule has 2 N–H and O–H groups in total. The molecule has 1 amide bonds. The van der Waals surface area contributed by atoms with Crippen LogP contribution in [-0.2, 0) is 0 Å². The van der Waals surface area contributed by atoms with Crippen molar-refractivity contribution in [1.82, 2.24) is 5.32 Å². The summed E-state index contributed by atoms with van der Waals surface area (Å²) in [5, 5.41) is 12.6. The van der Waals surface area contributed by atoms with Crippen molar-refractivity contribution in [1.29, 1.82) is 0 Å². The van der Waals surface area contributed by atoms with E-state index in [9.17, 15) is 9.90 Å². The summed E-state index contributed by atoms with van der Waals surface area (Å²) in [4.78, 5) is 11.8. The first-order valence-corrected chi connectivity index (χ1v) is 5.66. The van der Waals surface area contributed by atoms with Gasteiger partial charge >= 0.3 is 0 Å². The molecule has 1 aromatic rings. The van der Waals surface area contributed by atoms with Gasteiger partial charge in [-0.25, -0.2) is 0 Å². The van der Waals surface area contributed by atoms with Gasteiger partial charge in [-0.2, -0.15) is 0 Å². The van der Waals surface area contributed by atoms with Gasteiger partial charge in [-0.3, -0.25) is 4.79 Å². The lowest BCUT2D eigenvalue weighted by Gasteiger charge is -2.07. The van der Waals surface area contributed by atoms with Crippen LogP contribution in [0.25, 0.3) is 0 Å². The van der Waals surface area contributed by atoms with Gasteiger partial charge < -0.3 is 10.4 Å². The maximum Gasteiger partial charge on any atom is 0.255 e. The van der Waals surface area contributed by atoms with E-state index < -0.39 is 0 Å². The van der Waals surface area contributed by atoms with Gasteiger partial charge in [0.05, 0.1) is 5.56 Å². The van der Waals surface area contributed by atoms with Gasteiger partial charge in [0.25, 0.3) is 5.91 Å². The van der Waals surface area contributed by atoms with Gasteiger partial charge in [-0.1, -0.05) is 19.1 Å². The number of para-hydroxylation sites is 1. The minimum absolute atomic E-state index is 0.0869. The number of rotatable bonds is 3. The summed E-state index contributed by atoms with van der Waals surface area (Å²) < 4.78 is 0. The number of carbonyl (C=O) groups is 1. The van der Waals surface area contributed by atoms with Crippen LogP contribution in [0.4, 0.5) is 0 Å². The molecule has 86 valence electrons. The Hall–Kier alpha value is -1.51. The van der Waals surface area contributed by atoms with E-state index in [1.54, 1.807) is 25.1 Å². The summed E-state index contributed by atoms with van der Waals surface area (Å²) in [6.45, 7) is 4.68. The number of nitrogens with one attached hydrogen (secondary N) is 1. The number of aromatic hydroxyl groups is 1. The molecule has 0 spiro atoms. The Morgan fingerprint density at radius 2 is 2.25 bits per heavy atom. The van der Waals surface area contributed by atoms with Crippen LogP contribution in [-0.4, -0.2) is 17.6 Å². The van der Waals surface area contributed by atoms with Crippen LogP contribution in [0, 0.1) is 18.8 Å². The van der Waals surface area contributed by atoms with E-state index in [4.69, 9.17) is 0 Å². The molecule has 2 atom stereocenters. The average molecular weight is 219 g/mol. The summed E-state index contributed by atoms with van der Waals surface area (Å²) in [7, 11) is 0. The number of carbonyl (C=O) groups excluding carboxylic acids is 1. The molecule has 0 bridgehead atoms. The molecule has 1 fully saturated rings. The molecule has 3 heteroatoms. The predicted molar refractivity (Wildman–Crippen MR) is 62.4 cm³/mol. The summed E-state index contributed by atoms with van der Waals surface area (Å²) in [6.07, 6.45) is 1.19. The highest BCUT2D eigenvalue weighted by molar-refractivity contribution is 5.97. The number of amides is 1. The second kappa shape index (κ2) is 4.16. The van der Waals surface area contributed by atoms with Crippen molar-refractivity contribution in [2.24, 2.45) is 11.8 Å². The quantitative estimate of drug-likeness (QED) is 0.817. The zero-order valence-electron chi connectivity index (χ0n) is 9.66. The first-order valence-electron chi connectivity index (χ1n) is 5.66. The molecule has 3 nitrogen and oxygen atoms in total. The van der Waals surface area contributed by atoms with E-state index in [0.29, 0.717) is 18.0 Å². The number of benzene rings is 1. The van der Waals surface area contributed by atoms with Crippen LogP contribution in [0.1, 0.15) is 29.3 Å². The topological polar surface area (TPSA) is 49.3 Å². The van der Waals surface area contributed by atoms with E-state index in [-0.39, 0.29) is 11.7 Å². The molecular weight excluding hydrogens is 202 g/mol. The number of hydrogen-bond acceptors (Lipinski definition) is 2. The maximum absolute atomic E-state index is 11.8. The van der Waals surface area contributed by atoms with Crippen LogP contribution >= 0.6 is 0 Å². The Balaban J connectivity index is 2.00. The van der Waals surface area contributed by atoms with Gasteiger partial charge in [-0.05, 0) is 36.8 Å². The summed E-state index contributed by atoms with van der Waals surface area (Å²) in [5.41, 5.74) is 1.10. The van der Waals surface area contributed by atoms with Gasteiger partial charge in [0.2, 0.25) is 0 Å². The van der Waals surface area contributed by atoms with E-state index in [1.165, 1.54) is 6.42 Å². The van der Waals surface area contributed by atoms with Gasteiger partial charge in [0.1, 0.15) is 5.75 Å². The SMILES string of the molecule is Cc1cccc(C(=O)NCC2CC2C)c1O. The molecule has 0 radical (unpaired) electrons. The van der Waals surface area contributed by atoms with Crippen molar-refractivity contribution in [3.8, 4) is 5.75 Å². The van der Waals surface area contributed by atoms with E-state index in [2.05, 4.69) is 12.2 Å². The number of phenolic OH excluding ortho intramolecular Hbond substituents is 1. The van der Waals surface area contributed by atoms with Crippen molar-refractivity contribution < 1.29 is 9.90 Å². The first-order chi connectivity index (χ1) is 7.59. The van der Waals surface area contributed by atoms with Gasteiger partial charge in [0.15, 0.2) is 0 Å². The zero-order chi connectivity index (χ0) is 11.7. The minimum atomic E-state index is -0.180. The van der Waals surface area contributed by atoms with Crippen molar-refractivity contribution >= 4 is 5.91 Å². The van der Waals surface area contributed by atoms with Crippen molar-refractivity contribution in [2.75, 3.05) is 6.54 Å². The zero-order valence-corrected chi connectivity index (χ0v) is 9.66. The largest absolute Gasteiger partial charge is 0.507 e. The van der Waals surface area contributed by atoms with Crippen molar-refractivity contribution in [3.05, 3.63) is 29.3 Å². The monoisotopic (exact) mass is 219 g/mol. The average Bonchev–Trinajstić information content (AvgIpc) is 2.95. The maximum atomic E-state index is 11.8. The lowest BCUT2D eigenvalue weighted by Crippen LogP contribution is -2.26. The molecule has 1 aliphatic carbocycles. The van der Waals surface area contributed by atoms with E-state index in [1.807, 2.05) is 0 Å². The number of aryl methyl sites for hydroxylation is 1. The Bertz CT molecular complexity index is 414. The highest BCUT2D eigenvalue weighted by Crippen LogP contribution is 2.36. The molecule has 0 aromatic heterocycles. The molecule has 1 aromatic carbocycles. The van der Waals surface area contributed by atoms with Crippen LogP contribution in [0.2, 0.25) is 0 Å². The molecule has 16 heavy (non-hydrogen) atoms. The predicted octanol–water partition coefficient (Wildman–Crippen LogP) is 2.09. The number of phenols is 1. The fourth-order valence-corrected chi connectivity index (χ4v) is 1.84. The Morgan fingerprint density at radius 3 is 2.88 bits per heavy atom. The minimum Gasteiger partial charge on any atom is -0.507 e. The van der Waals surface area contributed by atoms with Crippen molar-refractivity contribution in [2.45, 2.75) is 20.3 Å². The Labute approximate surface area is 95.5 Å². The molecule has 0 aliphatic heterocycles. The fraction of sp³-hybridized carbons (Fsp3) is 0.462. The van der Waals surface area contributed by atoms with Crippen molar-refractivity contribution in [3.63, 3.8) is 0 Å².